The number of primary amides is 1. The maximum absolute atomic E-state index is 14.5. The fourth-order valence-corrected chi connectivity index (χ4v) is 7.96. The Morgan fingerprint density at radius 3 is 1.75 bits per heavy atom. The number of aromatic nitrogens is 2. The Morgan fingerprint density at radius 2 is 1.23 bits per heavy atom. The van der Waals surface area contributed by atoms with Crippen LogP contribution in [-0.2, 0) is 56.0 Å². The number of aliphatic carboxylic acids is 1. The molecule has 20 N–H and O–H groups in total. The lowest BCUT2D eigenvalue weighted by Gasteiger charge is -2.28. The van der Waals surface area contributed by atoms with Gasteiger partial charge in [0.05, 0.1) is 24.9 Å². The van der Waals surface area contributed by atoms with E-state index < -0.39 is 114 Å². The largest absolute Gasteiger partial charge is 0.508 e. The molecule has 1 heterocycles. The summed E-state index contributed by atoms with van der Waals surface area (Å²) in [4.78, 5) is 129. The van der Waals surface area contributed by atoms with E-state index in [9.17, 15) is 58.5 Å². The van der Waals surface area contributed by atoms with Crippen LogP contribution >= 0.6 is 11.8 Å². The number of imidazole rings is 1. The zero-order chi connectivity index (χ0) is 56.2. The van der Waals surface area contributed by atoms with Gasteiger partial charge in [-0.15, -0.1) is 0 Å². The van der Waals surface area contributed by atoms with Crippen molar-refractivity contribution in [2.75, 3.05) is 32.1 Å². The number of phenols is 1. The van der Waals surface area contributed by atoms with E-state index in [1.54, 1.807) is 13.8 Å². The van der Waals surface area contributed by atoms with Gasteiger partial charge in [0.1, 0.15) is 48.0 Å². The molecule has 0 unspecified atom stereocenters. The number of carboxylic acid groups (broad SMARTS) is 1. The van der Waals surface area contributed by atoms with Gasteiger partial charge in [-0.3, -0.25) is 48.6 Å². The first-order valence-corrected chi connectivity index (χ1v) is 25.9. The molecule has 9 atom stereocenters. The van der Waals surface area contributed by atoms with Crippen molar-refractivity contribution in [3.05, 3.63) is 48.0 Å². The van der Waals surface area contributed by atoms with Crippen molar-refractivity contribution in [1.82, 2.24) is 57.8 Å². The minimum absolute atomic E-state index is 0.0295. The average molecular weight is 1080 g/mol. The Labute approximate surface area is 439 Å². The third kappa shape index (κ3) is 24.2. The van der Waals surface area contributed by atoms with Crippen LogP contribution in [0.25, 0.3) is 0 Å². The molecular weight excluding hydrogens is 999 g/mol. The van der Waals surface area contributed by atoms with Crippen LogP contribution in [-0.4, -0.2) is 171 Å². The number of carbonyl (C=O) groups is 9. The van der Waals surface area contributed by atoms with Crippen LogP contribution in [0, 0.1) is 11.3 Å². The van der Waals surface area contributed by atoms with E-state index in [1.165, 1.54) is 62.5 Å². The number of aliphatic hydroxyl groups is 1. The van der Waals surface area contributed by atoms with Gasteiger partial charge in [0, 0.05) is 31.3 Å². The molecule has 8 amide bonds. The molecule has 0 fully saturated rings. The van der Waals surface area contributed by atoms with E-state index >= 15 is 0 Å². The zero-order valence-electron chi connectivity index (χ0n) is 43.0. The average Bonchev–Trinajstić information content (AvgIpc) is 3.86. The third-order valence-corrected chi connectivity index (χ3v) is 12.2. The number of aromatic hydroxyl groups is 1. The van der Waals surface area contributed by atoms with Crippen LogP contribution in [0.5, 0.6) is 5.75 Å². The number of H-pyrrole nitrogens is 1. The lowest BCUT2D eigenvalue weighted by molar-refractivity contribution is -0.142. The monoisotopic (exact) mass is 1080 g/mol. The van der Waals surface area contributed by atoms with E-state index in [0.29, 0.717) is 29.9 Å². The summed E-state index contributed by atoms with van der Waals surface area (Å²) in [6.07, 6.45) is 2.92. The quantitative estimate of drug-likeness (QED) is 0.0178. The van der Waals surface area contributed by atoms with Crippen LogP contribution < -0.4 is 65.1 Å². The molecule has 75 heavy (non-hydrogen) atoms. The predicted molar refractivity (Wildman–Crippen MR) is 278 cm³/mol. The van der Waals surface area contributed by atoms with E-state index in [4.69, 9.17) is 22.6 Å². The number of amides is 8. The van der Waals surface area contributed by atoms with Gasteiger partial charge in [-0.2, -0.15) is 11.8 Å². The molecular formula is C47H77N15O12S. The second-order valence-electron chi connectivity index (χ2n) is 18.3. The van der Waals surface area contributed by atoms with E-state index in [-0.39, 0.29) is 75.7 Å². The van der Waals surface area contributed by atoms with Gasteiger partial charge in [-0.05, 0) is 101 Å². The number of nitrogens with zero attached hydrogens (tertiary/aromatic N) is 1. The molecule has 0 aliphatic carbocycles. The molecule has 28 heteroatoms. The number of carbonyl (C=O) groups excluding carboxylic acids is 8. The number of hydrogen-bond acceptors (Lipinski definition) is 16. The number of aliphatic hydroxyl groups excluding tert-OH is 1. The minimum Gasteiger partial charge on any atom is -0.508 e. The van der Waals surface area contributed by atoms with Crippen molar-refractivity contribution < 1.29 is 58.5 Å². The third-order valence-electron chi connectivity index (χ3n) is 11.5. The minimum atomic E-state index is -1.85. The number of aromatic amines is 1. The lowest BCUT2D eigenvalue weighted by atomic mass is 10.0. The number of thioether (sulfide) groups is 1. The number of carboxylic acids is 1. The predicted octanol–water partition coefficient (Wildman–Crippen LogP) is -3.59. The normalized spacial score (nSPS) is 14.7. The van der Waals surface area contributed by atoms with Gasteiger partial charge in [0.15, 0.2) is 5.96 Å². The number of nitrogens with two attached hydrogens (primary N) is 3. The van der Waals surface area contributed by atoms with E-state index in [1.807, 2.05) is 6.26 Å². The Hall–Kier alpha value is -7.04. The maximum atomic E-state index is 14.5. The van der Waals surface area contributed by atoms with Gasteiger partial charge in [-0.25, -0.2) is 4.98 Å². The van der Waals surface area contributed by atoms with Crippen LogP contribution in [0.4, 0.5) is 0 Å². The van der Waals surface area contributed by atoms with Gasteiger partial charge >= 0.3 is 5.97 Å². The smallest absolute Gasteiger partial charge is 0.305 e. The molecule has 27 nitrogen and oxygen atoms in total. The number of nitrogens with one attached hydrogen (secondary N) is 11. The van der Waals surface area contributed by atoms with Gasteiger partial charge < -0.3 is 85.4 Å². The summed E-state index contributed by atoms with van der Waals surface area (Å²) in [5.74, 6) is -8.75. The van der Waals surface area contributed by atoms with E-state index in [0.717, 1.165) is 0 Å². The highest BCUT2D eigenvalue weighted by Gasteiger charge is 2.36. The molecule has 2 rings (SSSR count). The number of unbranched alkanes of at least 4 members (excludes halogenated alkanes) is 1. The molecule has 0 bridgehead atoms. The molecule has 2 aromatic rings. The standard InChI is InChI=1S/C47H77N15O12S/c1-25(2)19-34(43(71)58-33(39(49)67)21-28-23-53-24-55-28)59-42(70)32(10-8-17-54-47(50)51)57-44(72)35(20-27-11-13-29(64)14-12-27)60-41(69)31(9-6-7-16-48)56-45(73)36(22-37(65)66)61-46(74)38(26(3)63)62-40(68)30(52-4)15-18-75-5/h11-14,23-26,30-36,38,52,63-64H,6-10,15-22,48H2,1-5H3,(H2,49,67)(H,53,55)(H,56,73)(H,57,72)(H,58,71)(H,59,70)(H,60,69)(H,61,74)(H,62,68)(H,65,66)(H4,50,51,54)/t26-,30+,31+,32+,33+,34+,35+,36+,38-/m1/s1. The zero-order valence-corrected chi connectivity index (χ0v) is 43.8. The van der Waals surface area contributed by atoms with Crippen LogP contribution in [0.15, 0.2) is 36.8 Å². The van der Waals surface area contributed by atoms with Crippen molar-refractivity contribution in [1.29, 1.82) is 5.41 Å². The molecule has 0 saturated carbocycles. The van der Waals surface area contributed by atoms with Crippen molar-refractivity contribution in [3.63, 3.8) is 0 Å². The first-order valence-electron chi connectivity index (χ1n) is 24.5. The summed E-state index contributed by atoms with van der Waals surface area (Å²) < 4.78 is 0. The Bertz CT molecular complexity index is 2190. The molecule has 0 radical (unpaired) electrons. The molecule has 0 saturated heterocycles. The molecule has 418 valence electrons. The topological polar surface area (TPSA) is 453 Å². The Balaban J connectivity index is 2.52. The summed E-state index contributed by atoms with van der Waals surface area (Å²) in [6.45, 7) is 5.08. The molecule has 1 aromatic heterocycles. The van der Waals surface area contributed by atoms with Crippen molar-refractivity contribution >= 4 is 70.9 Å². The highest BCUT2D eigenvalue weighted by molar-refractivity contribution is 7.98. The van der Waals surface area contributed by atoms with Gasteiger partial charge in [-0.1, -0.05) is 26.0 Å². The highest BCUT2D eigenvalue weighted by atomic mass is 32.2. The summed E-state index contributed by atoms with van der Waals surface area (Å²) in [5, 5.41) is 61.1. The van der Waals surface area contributed by atoms with Crippen LogP contribution in [0.2, 0.25) is 0 Å². The number of guanidine groups is 1. The SMILES string of the molecule is CN[C@@H](CCSC)C(=O)N[C@@H](C(=O)N[C@@H](CC(=O)O)C(=O)N[C@@H](CCCCN)C(=O)N[C@@H](Cc1ccc(O)cc1)C(=O)N[C@@H](CCCNC(=N)N)C(=O)N[C@@H](CC(C)C)C(=O)N[C@@H](Cc1cnc[nH]1)C(N)=O)[C@@H](C)O. The first kappa shape index (κ1) is 64.1. The second kappa shape index (κ2) is 33.7. The number of benzene rings is 1. The summed E-state index contributed by atoms with van der Waals surface area (Å²) in [6, 6.07) is -5.43. The lowest BCUT2D eigenvalue weighted by Crippen LogP contribution is -2.61. The molecule has 0 spiro atoms. The molecule has 0 aliphatic rings. The number of phenolic OH excluding ortho intramolecular Hbond substituents is 1. The molecule has 1 aromatic carbocycles. The van der Waals surface area contributed by atoms with Crippen molar-refractivity contribution in [2.24, 2.45) is 23.1 Å². The van der Waals surface area contributed by atoms with Crippen LogP contribution in [0.3, 0.4) is 0 Å². The Morgan fingerprint density at radius 1 is 0.693 bits per heavy atom. The summed E-state index contributed by atoms with van der Waals surface area (Å²) in [5.41, 5.74) is 17.7. The first-order chi connectivity index (χ1) is 35.5. The fraction of sp³-hybridized carbons (Fsp3) is 0.596. The van der Waals surface area contributed by atoms with E-state index in [2.05, 4.69) is 57.8 Å². The van der Waals surface area contributed by atoms with Gasteiger partial charge in [0.25, 0.3) is 0 Å². The summed E-state index contributed by atoms with van der Waals surface area (Å²) in [7, 11) is 1.54. The number of likely N-dealkylation sites (N-methyl/N-ethyl adjacent to an activating group) is 1. The Kier molecular flexibility index (Phi) is 28.8. The van der Waals surface area contributed by atoms with Gasteiger partial charge in [0.2, 0.25) is 47.3 Å². The highest BCUT2D eigenvalue weighted by Crippen LogP contribution is 2.14. The maximum Gasteiger partial charge on any atom is 0.305 e. The van der Waals surface area contributed by atoms with Crippen molar-refractivity contribution in [2.45, 2.75) is 139 Å². The second-order valence-corrected chi connectivity index (χ2v) is 19.3. The van der Waals surface area contributed by atoms with Crippen LogP contribution in [0.1, 0.15) is 83.4 Å². The molecule has 0 aliphatic heterocycles. The number of rotatable bonds is 36. The van der Waals surface area contributed by atoms with Crippen molar-refractivity contribution in [3.8, 4) is 5.75 Å². The fourth-order valence-electron chi connectivity index (χ4n) is 7.49. The number of hydrogen-bond donors (Lipinski definition) is 17. The summed E-state index contributed by atoms with van der Waals surface area (Å²) >= 11 is 1.48.